The van der Waals surface area contributed by atoms with Crippen LogP contribution in [0.1, 0.15) is 28.1 Å². The van der Waals surface area contributed by atoms with E-state index in [0.717, 1.165) is 11.3 Å². The van der Waals surface area contributed by atoms with E-state index in [2.05, 4.69) is 6.58 Å². The summed E-state index contributed by atoms with van der Waals surface area (Å²) >= 11 is 0.935. The standard InChI is InChI=1S/C12H17NO4S2/c1-4-5-6-7-13(3)19(16,17)11-9(2)8-18-10(11)12(14)15/h4,8H,1,5-7H2,2-3H3,(H,14,15). The fourth-order valence-electron chi connectivity index (χ4n) is 1.64. The molecule has 0 amide bonds. The van der Waals surface area contributed by atoms with Crippen LogP contribution in [0, 0.1) is 6.92 Å². The van der Waals surface area contributed by atoms with Gasteiger partial charge >= 0.3 is 5.97 Å². The van der Waals surface area contributed by atoms with E-state index < -0.39 is 16.0 Å². The molecule has 0 aliphatic rings. The van der Waals surface area contributed by atoms with Crippen LogP contribution >= 0.6 is 11.3 Å². The second-order valence-corrected chi connectivity index (χ2v) is 7.00. The van der Waals surface area contributed by atoms with Crippen LogP contribution in [-0.2, 0) is 10.0 Å². The zero-order chi connectivity index (χ0) is 14.6. The minimum atomic E-state index is -3.75. The number of thiophene rings is 1. The SMILES string of the molecule is C=CCCCN(C)S(=O)(=O)c1c(C)csc1C(=O)O. The molecule has 7 heteroatoms. The molecule has 1 aromatic heterocycles. The number of carbonyl (C=O) groups is 1. The Morgan fingerprint density at radius 1 is 1.58 bits per heavy atom. The molecular formula is C12H17NO4S2. The Hall–Kier alpha value is -1.18. The minimum absolute atomic E-state index is 0.0916. The third-order valence-electron chi connectivity index (χ3n) is 2.66. The van der Waals surface area contributed by atoms with Gasteiger partial charge in [-0.2, -0.15) is 0 Å². The molecule has 5 nitrogen and oxygen atoms in total. The molecule has 0 saturated carbocycles. The quantitative estimate of drug-likeness (QED) is 0.620. The minimum Gasteiger partial charge on any atom is -0.477 e. The van der Waals surface area contributed by atoms with Crippen LogP contribution < -0.4 is 0 Å². The first kappa shape index (κ1) is 15.9. The summed E-state index contributed by atoms with van der Waals surface area (Å²) in [5.41, 5.74) is 0.470. The lowest BCUT2D eigenvalue weighted by atomic mass is 10.3. The molecule has 0 radical (unpaired) electrons. The highest BCUT2D eigenvalue weighted by molar-refractivity contribution is 7.89. The van der Waals surface area contributed by atoms with Crippen LogP contribution in [0.2, 0.25) is 0 Å². The van der Waals surface area contributed by atoms with Gasteiger partial charge in [0.05, 0.1) is 0 Å². The van der Waals surface area contributed by atoms with Gasteiger partial charge in [0.25, 0.3) is 0 Å². The molecule has 106 valence electrons. The highest BCUT2D eigenvalue weighted by Crippen LogP contribution is 2.29. The van der Waals surface area contributed by atoms with Crippen LogP contribution in [-0.4, -0.2) is 37.4 Å². The zero-order valence-electron chi connectivity index (χ0n) is 10.9. The first-order valence-electron chi connectivity index (χ1n) is 5.71. The van der Waals surface area contributed by atoms with E-state index in [9.17, 15) is 13.2 Å². The monoisotopic (exact) mass is 303 g/mol. The number of nitrogens with zero attached hydrogens (tertiary/aromatic N) is 1. The molecule has 0 aliphatic carbocycles. The number of carboxylic acid groups (broad SMARTS) is 1. The molecule has 19 heavy (non-hydrogen) atoms. The third kappa shape index (κ3) is 3.43. The predicted molar refractivity (Wildman–Crippen MR) is 75.3 cm³/mol. The number of hydrogen-bond donors (Lipinski definition) is 1. The van der Waals surface area contributed by atoms with Crippen LogP contribution in [0.25, 0.3) is 0 Å². The van der Waals surface area contributed by atoms with Crippen molar-refractivity contribution in [1.29, 1.82) is 0 Å². The molecule has 1 aromatic rings. The van der Waals surface area contributed by atoms with Gasteiger partial charge in [-0.1, -0.05) is 6.08 Å². The summed E-state index contributed by atoms with van der Waals surface area (Å²) in [7, 11) is -2.29. The molecule has 0 saturated heterocycles. The van der Waals surface area contributed by atoms with Crippen molar-refractivity contribution in [1.82, 2.24) is 4.31 Å². The number of allylic oxidation sites excluding steroid dienone is 1. The summed E-state index contributed by atoms with van der Waals surface area (Å²) in [6.07, 6.45) is 3.10. The summed E-state index contributed by atoms with van der Waals surface area (Å²) in [4.78, 5) is 10.9. The molecule has 1 N–H and O–H groups in total. The first-order chi connectivity index (χ1) is 8.82. The Morgan fingerprint density at radius 3 is 2.74 bits per heavy atom. The summed E-state index contributed by atoms with van der Waals surface area (Å²) in [5, 5.41) is 10.6. The summed E-state index contributed by atoms with van der Waals surface area (Å²) in [6.45, 7) is 5.52. The van der Waals surface area contributed by atoms with Gasteiger partial charge in [0.1, 0.15) is 9.77 Å². The topological polar surface area (TPSA) is 74.7 Å². The molecule has 0 aromatic carbocycles. The summed E-state index contributed by atoms with van der Waals surface area (Å²) in [6, 6.07) is 0. The van der Waals surface area contributed by atoms with E-state index in [0.29, 0.717) is 24.9 Å². The number of rotatable bonds is 7. The lowest BCUT2D eigenvalue weighted by Gasteiger charge is -2.17. The Kier molecular flexibility index (Phi) is 5.28. The molecule has 0 aliphatic heterocycles. The molecule has 1 heterocycles. The van der Waals surface area contributed by atoms with Crippen LogP contribution in [0.5, 0.6) is 0 Å². The van der Waals surface area contributed by atoms with E-state index in [4.69, 9.17) is 5.11 Å². The smallest absolute Gasteiger partial charge is 0.347 e. The first-order valence-corrected chi connectivity index (χ1v) is 8.03. The Labute approximate surface area is 117 Å². The normalized spacial score (nSPS) is 11.7. The van der Waals surface area contributed by atoms with Gasteiger partial charge in [0.15, 0.2) is 0 Å². The van der Waals surface area contributed by atoms with Gasteiger partial charge in [0.2, 0.25) is 10.0 Å². The maximum atomic E-state index is 12.4. The van der Waals surface area contributed by atoms with Crippen LogP contribution in [0.15, 0.2) is 22.9 Å². The maximum absolute atomic E-state index is 12.4. The Bertz CT molecular complexity index is 575. The van der Waals surface area contributed by atoms with Crippen molar-refractivity contribution in [3.8, 4) is 0 Å². The maximum Gasteiger partial charge on any atom is 0.347 e. The lowest BCUT2D eigenvalue weighted by molar-refractivity contribution is 0.0698. The van der Waals surface area contributed by atoms with E-state index in [-0.39, 0.29) is 9.77 Å². The highest BCUT2D eigenvalue weighted by atomic mass is 32.2. The molecule has 0 fully saturated rings. The average molecular weight is 303 g/mol. The summed E-state index contributed by atoms with van der Waals surface area (Å²) in [5.74, 6) is -1.21. The number of aromatic carboxylic acids is 1. The Morgan fingerprint density at radius 2 is 2.21 bits per heavy atom. The predicted octanol–water partition coefficient (Wildman–Crippen LogP) is 2.34. The van der Waals surface area contributed by atoms with Crippen LogP contribution in [0.3, 0.4) is 0 Å². The number of hydrogen-bond acceptors (Lipinski definition) is 4. The van der Waals surface area contributed by atoms with E-state index in [1.54, 1.807) is 18.4 Å². The van der Waals surface area contributed by atoms with Crippen molar-refractivity contribution < 1.29 is 18.3 Å². The molecule has 0 spiro atoms. The van der Waals surface area contributed by atoms with E-state index in [1.165, 1.54) is 11.4 Å². The largest absolute Gasteiger partial charge is 0.477 e. The number of sulfonamides is 1. The average Bonchev–Trinajstić information content (AvgIpc) is 2.72. The molecule has 1 rings (SSSR count). The van der Waals surface area contributed by atoms with Crippen molar-refractivity contribution in [2.45, 2.75) is 24.7 Å². The van der Waals surface area contributed by atoms with Gasteiger partial charge in [-0.15, -0.1) is 17.9 Å². The summed E-state index contributed by atoms with van der Waals surface area (Å²) < 4.78 is 25.9. The molecule has 0 bridgehead atoms. The van der Waals surface area contributed by atoms with Gasteiger partial charge in [0, 0.05) is 13.6 Å². The van der Waals surface area contributed by atoms with Crippen molar-refractivity contribution >= 4 is 27.3 Å². The Balaban J connectivity index is 3.09. The van der Waals surface area contributed by atoms with Crippen molar-refractivity contribution in [3.63, 3.8) is 0 Å². The third-order valence-corrected chi connectivity index (χ3v) is 5.92. The van der Waals surface area contributed by atoms with E-state index >= 15 is 0 Å². The van der Waals surface area contributed by atoms with Gasteiger partial charge in [-0.05, 0) is 30.7 Å². The highest BCUT2D eigenvalue weighted by Gasteiger charge is 2.29. The second-order valence-electron chi connectivity index (χ2n) is 4.14. The second kappa shape index (κ2) is 6.31. The lowest BCUT2D eigenvalue weighted by Crippen LogP contribution is -2.29. The van der Waals surface area contributed by atoms with Gasteiger partial charge in [-0.25, -0.2) is 17.5 Å². The van der Waals surface area contributed by atoms with Crippen LogP contribution in [0.4, 0.5) is 0 Å². The van der Waals surface area contributed by atoms with Gasteiger partial charge < -0.3 is 5.11 Å². The van der Waals surface area contributed by atoms with Gasteiger partial charge in [-0.3, -0.25) is 0 Å². The number of unbranched alkanes of at least 4 members (excludes halogenated alkanes) is 1. The number of aryl methyl sites for hydroxylation is 1. The fraction of sp³-hybridized carbons (Fsp3) is 0.417. The zero-order valence-corrected chi connectivity index (χ0v) is 12.6. The van der Waals surface area contributed by atoms with Crippen molar-refractivity contribution in [2.24, 2.45) is 0 Å². The van der Waals surface area contributed by atoms with Crippen molar-refractivity contribution in [3.05, 3.63) is 28.5 Å². The van der Waals surface area contributed by atoms with Crippen molar-refractivity contribution in [2.75, 3.05) is 13.6 Å². The molecule has 0 atom stereocenters. The van der Waals surface area contributed by atoms with E-state index in [1.807, 2.05) is 0 Å². The number of carboxylic acids is 1. The molecular weight excluding hydrogens is 286 g/mol. The molecule has 0 unspecified atom stereocenters. The fourth-order valence-corrected chi connectivity index (χ4v) is 4.42.